The van der Waals surface area contributed by atoms with Crippen molar-refractivity contribution < 1.29 is 19.8 Å². The summed E-state index contributed by atoms with van der Waals surface area (Å²) in [4.78, 5) is 23.1. The van der Waals surface area contributed by atoms with Crippen molar-refractivity contribution in [1.29, 1.82) is 0 Å². The molecule has 2 N–H and O–H groups in total. The van der Waals surface area contributed by atoms with Gasteiger partial charge in [-0.05, 0) is 12.0 Å². The Labute approximate surface area is 132 Å². The van der Waals surface area contributed by atoms with E-state index in [1.807, 2.05) is 6.07 Å². The third kappa shape index (κ3) is 5.17. The van der Waals surface area contributed by atoms with E-state index in [2.05, 4.69) is 6.92 Å². The lowest BCUT2D eigenvalue weighted by atomic mass is 9.73. The van der Waals surface area contributed by atoms with Gasteiger partial charge in [0.15, 0.2) is 0 Å². The summed E-state index contributed by atoms with van der Waals surface area (Å²) in [6, 6.07) is 8.76. The van der Waals surface area contributed by atoms with Crippen molar-refractivity contribution in [3.63, 3.8) is 0 Å². The lowest BCUT2D eigenvalue weighted by molar-refractivity contribution is -0.151. The normalized spacial score (nSPS) is 13.5. The zero-order valence-corrected chi connectivity index (χ0v) is 13.3. The van der Waals surface area contributed by atoms with Gasteiger partial charge in [0.1, 0.15) is 5.41 Å². The number of hydrogen-bond acceptors (Lipinski definition) is 2. The third-order valence-corrected chi connectivity index (χ3v) is 4.15. The summed E-state index contributed by atoms with van der Waals surface area (Å²) in [7, 11) is 0. The van der Waals surface area contributed by atoms with Crippen LogP contribution in [0.15, 0.2) is 30.3 Å². The van der Waals surface area contributed by atoms with Crippen molar-refractivity contribution in [2.45, 2.75) is 63.7 Å². The van der Waals surface area contributed by atoms with E-state index in [1.54, 1.807) is 24.3 Å². The van der Waals surface area contributed by atoms with Crippen molar-refractivity contribution in [2.75, 3.05) is 0 Å². The summed E-state index contributed by atoms with van der Waals surface area (Å²) in [6.07, 6.45) is 6.26. The molecule has 0 saturated carbocycles. The SMILES string of the molecule is CCCCCCCCC(CC(=O)O)(C(=O)O)c1ccccc1. The second-order valence-corrected chi connectivity index (χ2v) is 5.84. The largest absolute Gasteiger partial charge is 0.481 e. The van der Waals surface area contributed by atoms with Crippen LogP contribution in [-0.2, 0) is 15.0 Å². The van der Waals surface area contributed by atoms with E-state index in [0.29, 0.717) is 12.0 Å². The first-order chi connectivity index (χ1) is 10.5. The monoisotopic (exact) mass is 306 g/mol. The summed E-state index contributed by atoms with van der Waals surface area (Å²) >= 11 is 0. The first-order valence-corrected chi connectivity index (χ1v) is 8.03. The van der Waals surface area contributed by atoms with Crippen LogP contribution in [0.25, 0.3) is 0 Å². The van der Waals surface area contributed by atoms with E-state index in [-0.39, 0.29) is 6.42 Å². The summed E-state index contributed by atoms with van der Waals surface area (Å²) in [5.41, 5.74) is -0.740. The van der Waals surface area contributed by atoms with Gasteiger partial charge in [-0.15, -0.1) is 0 Å². The molecular weight excluding hydrogens is 280 g/mol. The highest BCUT2D eigenvalue weighted by Crippen LogP contribution is 2.34. The van der Waals surface area contributed by atoms with E-state index in [1.165, 1.54) is 12.8 Å². The number of carboxylic acid groups (broad SMARTS) is 2. The van der Waals surface area contributed by atoms with E-state index < -0.39 is 17.4 Å². The first-order valence-electron chi connectivity index (χ1n) is 8.03. The Bertz CT molecular complexity index is 469. The molecule has 1 atom stereocenters. The molecule has 4 heteroatoms. The topological polar surface area (TPSA) is 74.6 Å². The van der Waals surface area contributed by atoms with Crippen LogP contribution in [0.2, 0.25) is 0 Å². The molecule has 0 aliphatic rings. The van der Waals surface area contributed by atoms with Crippen molar-refractivity contribution in [3.8, 4) is 0 Å². The van der Waals surface area contributed by atoms with Gasteiger partial charge in [0.25, 0.3) is 0 Å². The summed E-state index contributed by atoms with van der Waals surface area (Å²) in [5, 5.41) is 18.9. The van der Waals surface area contributed by atoms with Gasteiger partial charge in [-0.1, -0.05) is 75.8 Å². The van der Waals surface area contributed by atoms with Gasteiger partial charge >= 0.3 is 11.9 Å². The van der Waals surface area contributed by atoms with Crippen LogP contribution >= 0.6 is 0 Å². The number of hydrogen-bond donors (Lipinski definition) is 2. The van der Waals surface area contributed by atoms with Crippen LogP contribution < -0.4 is 0 Å². The van der Waals surface area contributed by atoms with E-state index >= 15 is 0 Å². The Morgan fingerprint density at radius 3 is 2.09 bits per heavy atom. The van der Waals surface area contributed by atoms with Crippen molar-refractivity contribution in [3.05, 3.63) is 35.9 Å². The fourth-order valence-corrected chi connectivity index (χ4v) is 2.86. The zero-order valence-electron chi connectivity index (χ0n) is 13.3. The molecule has 1 aromatic rings. The molecule has 1 unspecified atom stereocenters. The molecule has 0 spiro atoms. The molecule has 0 radical (unpaired) electrons. The highest BCUT2D eigenvalue weighted by Gasteiger charge is 2.41. The lowest BCUT2D eigenvalue weighted by Crippen LogP contribution is -2.38. The van der Waals surface area contributed by atoms with Crippen LogP contribution in [-0.4, -0.2) is 22.2 Å². The number of carboxylic acids is 2. The van der Waals surface area contributed by atoms with Gasteiger partial charge in [0, 0.05) is 0 Å². The molecule has 0 saturated heterocycles. The third-order valence-electron chi connectivity index (χ3n) is 4.15. The maximum atomic E-state index is 11.9. The van der Waals surface area contributed by atoms with Gasteiger partial charge in [-0.25, -0.2) is 0 Å². The van der Waals surface area contributed by atoms with E-state index in [0.717, 1.165) is 25.7 Å². The predicted molar refractivity (Wildman–Crippen MR) is 86.0 cm³/mol. The van der Waals surface area contributed by atoms with Gasteiger partial charge < -0.3 is 10.2 Å². The standard InChI is InChI=1S/C18H26O4/c1-2-3-4-5-6-10-13-18(17(21)22,14-16(19)20)15-11-8-7-9-12-15/h7-9,11-12H,2-6,10,13-14H2,1H3,(H,19,20)(H,21,22). The second kappa shape index (κ2) is 9.23. The Morgan fingerprint density at radius 2 is 1.55 bits per heavy atom. The summed E-state index contributed by atoms with van der Waals surface area (Å²) < 4.78 is 0. The highest BCUT2D eigenvalue weighted by atomic mass is 16.4. The molecule has 4 nitrogen and oxygen atoms in total. The molecule has 0 bridgehead atoms. The molecule has 0 aliphatic carbocycles. The molecule has 1 rings (SSSR count). The maximum Gasteiger partial charge on any atom is 0.314 e. The number of carbonyl (C=O) groups is 2. The fraction of sp³-hybridized carbons (Fsp3) is 0.556. The van der Waals surface area contributed by atoms with E-state index in [4.69, 9.17) is 5.11 Å². The molecule has 0 aliphatic heterocycles. The molecular formula is C18H26O4. The van der Waals surface area contributed by atoms with Crippen LogP contribution in [0.4, 0.5) is 0 Å². The molecule has 0 amide bonds. The number of aliphatic carboxylic acids is 2. The highest BCUT2D eigenvalue weighted by molar-refractivity contribution is 5.87. The quantitative estimate of drug-likeness (QED) is 0.600. The summed E-state index contributed by atoms with van der Waals surface area (Å²) in [5.74, 6) is -2.12. The number of rotatable bonds is 11. The minimum atomic E-state index is -1.32. The lowest BCUT2D eigenvalue weighted by Gasteiger charge is -2.28. The van der Waals surface area contributed by atoms with Crippen LogP contribution in [0.3, 0.4) is 0 Å². The van der Waals surface area contributed by atoms with Crippen molar-refractivity contribution >= 4 is 11.9 Å². The minimum absolute atomic E-state index is 0.366. The van der Waals surface area contributed by atoms with Crippen LogP contribution in [0.5, 0.6) is 0 Å². The molecule has 122 valence electrons. The zero-order chi connectivity index (χ0) is 16.4. The first kappa shape index (κ1) is 18.2. The smallest absolute Gasteiger partial charge is 0.314 e. The Morgan fingerprint density at radius 1 is 0.955 bits per heavy atom. The summed E-state index contributed by atoms with van der Waals surface area (Å²) in [6.45, 7) is 2.15. The molecule has 0 aromatic heterocycles. The maximum absolute atomic E-state index is 11.9. The predicted octanol–water partition coefficient (Wildman–Crippen LogP) is 4.23. The minimum Gasteiger partial charge on any atom is -0.481 e. The molecule has 0 fully saturated rings. The molecule has 0 heterocycles. The van der Waals surface area contributed by atoms with Crippen molar-refractivity contribution in [1.82, 2.24) is 0 Å². The van der Waals surface area contributed by atoms with Gasteiger partial charge in [-0.2, -0.15) is 0 Å². The Balaban J connectivity index is 2.81. The van der Waals surface area contributed by atoms with E-state index in [9.17, 15) is 14.7 Å². The Kier molecular flexibility index (Phi) is 7.64. The van der Waals surface area contributed by atoms with Crippen LogP contribution in [0, 0.1) is 0 Å². The molecule has 22 heavy (non-hydrogen) atoms. The second-order valence-electron chi connectivity index (χ2n) is 5.84. The van der Waals surface area contributed by atoms with Gasteiger partial charge in [0.2, 0.25) is 0 Å². The number of unbranched alkanes of at least 4 members (excludes halogenated alkanes) is 5. The fourth-order valence-electron chi connectivity index (χ4n) is 2.86. The average molecular weight is 306 g/mol. The van der Waals surface area contributed by atoms with Gasteiger partial charge in [-0.3, -0.25) is 9.59 Å². The van der Waals surface area contributed by atoms with Gasteiger partial charge in [0.05, 0.1) is 6.42 Å². The Hall–Kier alpha value is -1.84. The van der Waals surface area contributed by atoms with Crippen molar-refractivity contribution in [2.24, 2.45) is 0 Å². The average Bonchev–Trinajstić information content (AvgIpc) is 2.49. The molecule has 1 aromatic carbocycles. The van der Waals surface area contributed by atoms with Crippen LogP contribution in [0.1, 0.15) is 63.9 Å². The number of benzene rings is 1.